The summed E-state index contributed by atoms with van der Waals surface area (Å²) in [5.74, 6) is 0.449. The lowest BCUT2D eigenvalue weighted by molar-refractivity contribution is -0.139. The highest BCUT2D eigenvalue weighted by atomic mass is 35.5. The SMILES string of the molecule is CC1CN(C(=O)C(C)Oc2ccc(Cl)cc2Cl)CCN1. The first-order valence-electron chi connectivity index (χ1n) is 6.61. The van der Waals surface area contributed by atoms with E-state index in [1.807, 2.05) is 4.90 Å². The van der Waals surface area contributed by atoms with Crippen molar-refractivity contribution in [2.45, 2.75) is 26.0 Å². The standard InChI is InChI=1S/C14H18Cl2N2O2/c1-9-8-18(6-5-17-9)14(19)10(2)20-13-4-3-11(15)7-12(13)16/h3-4,7,9-10,17H,5-6,8H2,1-2H3. The summed E-state index contributed by atoms with van der Waals surface area (Å²) in [5, 5.41) is 4.25. The van der Waals surface area contributed by atoms with E-state index in [2.05, 4.69) is 12.2 Å². The fourth-order valence-corrected chi connectivity index (χ4v) is 2.65. The van der Waals surface area contributed by atoms with Gasteiger partial charge in [-0.1, -0.05) is 23.2 Å². The van der Waals surface area contributed by atoms with E-state index in [1.54, 1.807) is 25.1 Å². The van der Waals surface area contributed by atoms with Gasteiger partial charge in [0.25, 0.3) is 5.91 Å². The Balaban J connectivity index is 2.00. The van der Waals surface area contributed by atoms with Gasteiger partial charge in [0.1, 0.15) is 5.75 Å². The van der Waals surface area contributed by atoms with Crippen LogP contribution in [0.1, 0.15) is 13.8 Å². The molecule has 1 aliphatic rings. The molecular formula is C14H18Cl2N2O2. The van der Waals surface area contributed by atoms with E-state index in [4.69, 9.17) is 27.9 Å². The molecule has 1 aromatic rings. The molecule has 6 heteroatoms. The summed E-state index contributed by atoms with van der Waals surface area (Å²) in [4.78, 5) is 14.1. The number of ether oxygens (including phenoxy) is 1. The highest BCUT2D eigenvalue weighted by molar-refractivity contribution is 6.35. The van der Waals surface area contributed by atoms with Gasteiger partial charge in [0.2, 0.25) is 0 Å². The third-order valence-corrected chi connectivity index (χ3v) is 3.76. The van der Waals surface area contributed by atoms with Crippen molar-refractivity contribution in [3.63, 3.8) is 0 Å². The fourth-order valence-electron chi connectivity index (χ4n) is 2.20. The second kappa shape index (κ2) is 6.66. The van der Waals surface area contributed by atoms with Crippen molar-refractivity contribution in [2.75, 3.05) is 19.6 Å². The smallest absolute Gasteiger partial charge is 0.263 e. The highest BCUT2D eigenvalue weighted by Gasteiger charge is 2.26. The molecule has 1 fully saturated rings. The Hall–Kier alpha value is -0.970. The van der Waals surface area contributed by atoms with Crippen LogP contribution >= 0.6 is 23.2 Å². The van der Waals surface area contributed by atoms with Crippen LogP contribution in [0.3, 0.4) is 0 Å². The number of amides is 1. The van der Waals surface area contributed by atoms with Crippen LogP contribution in [-0.4, -0.2) is 42.6 Å². The van der Waals surface area contributed by atoms with E-state index >= 15 is 0 Å². The molecule has 1 aromatic carbocycles. The molecule has 4 nitrogen and oxygen atoms in total. The zero-order chi connectivity index (χ0) is 14.7. The first kappa shape index (κ1) is 15.4. The van der Waals surface area contributed by atoms with Crippen LogP contribution in [0.4, 0.5) is 0 Å². The van der Waals surface area contributed by atoms with E-state index in [0.717, 1.165) is 6.54 Å². The van der Waals surface area contributed by atoms with Crippen molar-refractivity contribution >= 4 is 29.1 Å². The summed E-state index contributed by atoms with van der Waals surface area (Å²) in [6.07, 6.45) is -0.570. The van der Waals surface area contributed by atoms with E-state index in [-0.39, 0.29) is 5.91 Å². The number of hydrogen-bond acceptors (Lipinski definition) is 3. The number of carbonyl (C=O) groups excluding carboxylic acids is 1. The maximum Gasteiger partial charge on any atom is 0.263 e. The molecule has 0 radical (unpaired) electrons. The molecule has 0 bridgehead atoms. The van der Waals surface area contributed by atoms with Crippen molar-refractivity contribution in [1.82, 2.24) is 10.2 Å². The third kappa shape index (κ3) is 3.78. The van der Waals surface area contributed by atoms with Gasteiger partial charge in [-0.05, 0) is 32.0 Å². The molecule has 1 N–H and O–H groups in total. The molecule has 0 saturated carbocycles. The maximum atomic E-state index is 12.3. The number of nitrogens with zero attached hydrogens (tertiary/aromatic N) is 1. The number of hydrogen-bond donors (Lipinski definition) is 1. The number of nitrogens with one attached hydrogen (secondary N) is 1. The van der Waals surface area contributed by atoms with Crippen LogP contribution in [0.25, 0.3) is 0 Å². The minimum atomic E-state index is -0.570. The lowest BCUT2D eigenvalue weighted by Gasteiger charge is -2.33. The zero-order valence-corrected chi connectivity index (χ0v) is 13.0. The van der Waals surface area contributed by atoms with E-state index < -0.39 is 6.10 Å². The van der Waals surface area contributed by atoms with Crippen LogP contribution < -0.4 is 10.1 Å². The minimum absolute atomic E-state index is 0.0237. The predicted molar refractivity (Wildman–Crippen MR) is 80.6 cm³/mol. The molecule has 2 rings (SSSR count). The maximum absolute atomic E-state index is 12.3. The molecule has 1 heterocycles. The van der Waals surface area contributed by atoms with Gasteiger partial charge >= 0.3 is 0 Å². The molecule has 0 aromatic heterocycles. The van der Waals surface area contributed by atoms with Gasteiger partial charge in [-0.15, -0.1) is 0 Å². The molecule has 1 amide bonds. The van der Waals surface area contributed by atoms with Crippen LogP contribution in [0.2, 0.25) is 10.0 Å². The van der Waals surface area contributed by atoms with Crippen molar-refractivity contribution in [2.24, 2.45) is 0 Å². The van der Waals surface area contributed by atoms with Gasteiger partial charge in [-0.3, -0.25) is 4.79 Å². The molecule has 1 aliphatic heterocycles. The molecule has 0 spiro atoms. The lowest BCUT2D eigenvalue weighted by Crippen LogP contribution is -2.54. The van der Waals surface area contributed by atoms with Crippen LogP contribution in [0, 0.1) is 0 Å². The third-order valence-electron chi connectivity index (χ3n) is 3.23. The van der Waals surface area contributed by atoms with Crippen LogP contribution in [-0.2, 0) is 4.79 Å². The first-order valence-corrected chi connectivity index (χ1v) is 7.37. The van der Waals surface area contributed by atoms with Gasteiger partial charge in [0.15, 0.2) is 6.10 Å². The summed E-state index contributed by atoms with van der Waals surface area (Å²) >= 11 is 11.9. The van der Waals surface area contributed by atoms with Gasteiger partial charge in [-0.2, -0.15) is 0 Å². The van der Waals surface area contributed by atoms with Gasteiger partial charge in [0, 0.05) is 30.7 Å². The molecule has 20 heavy (non-hydrogen) atoms. The zero-order valence-electron chi connectivity index (χ0n) is 11.5. The topological polar surface area (TPSA) is 41.6 Å². The Morgan fingerprint density at radius 2 is 2.25 bits per heavy atom. The summed E-state index contributed by atoms with van der Waals surface area (Å²) in [6, 6.07) is 5.27. The molecule has 0 aliphatic carbocycles. The van der Waals surface area contributed by atoms with Crippen LogP contribution in [0.5, 0.6) is 5.75 Å². The van der Waals surface area contributed by atoms with Crippen molar-refractivity contribution in [3.8, 4) is 5.75 Å². The molecule has 2 unspecified atom stereocenters. The van der Waals surface area contributed by atoms with Crippen molar-refractivity contribution in [3.05, 3.63) is 28.2 Å². The Morgan fingerprint density at radius 1 is 1.50 bits per heavy atom. The van der Waals surface area contributed by atoms with Gasteiger partial charge in [0.05, 0.1) is 5.02 Å². The average molecular weight is 317 g/mol. The van der Waals surface area contributed by atoms with Crippen molar-refractivity contribution < 1.29 is 9.53 Å². The predicted octanol–water partition coefficient (Wildman–Crippen LogP) is 2.58. The minimum Gasteiger partial charge on any atom is -0.479 e. The Labute approximate surface area is 129 Å². The second-order valence-electron chi connectivity index (χ2n) is 4.97. The average Bonchev–Trinajstić information content (AvgIpc) is 2.41. The highest BCUT2D eigenvalue weighted by Crippen LogP contribution is 2.28. The van der Waals surface area contributed by atoms with Gasteiger partial charge < -0.3 is 15.0 Å². The summed E-state index contributed by atoms with van der Waals surface area (Å²) in [6.45, 7) is 5.99. The molecule has 2 atom stereocenters. The Morgan fingerprint density at radius 3 is 2.90 bits per heavy atom. The van der Waals surface area contributed by atoms with Crippen LogP contribution in [0.15, 0.2) is 18.2 Å². The quantitative estimate of drug-likeness (QED) is 0.932. The Kier molecular flexibility index (Phi) is 5.13. The van der Waals surface area contributed by atoms with E-state index in [9.17, 15) is 4.79 Å². The fraction of sp³-hybridized carbons (Fsp3) is 0.500. The molecular weight excluding hydrogens is 299 g/mol. The molecule has 110 valence electrons. The van der Waals surface area contributed by atoms with Crippen molar-refractivity contribution in [1.29, 1.82) is 0 Å². The lowest BCUT2D eigenvalue weighted by atomic mass is 10.2. The number of halogens is 2. The number of carbonyl (C=O) groups is 1. The Bertz CT molecular complexity index is 496. The largest absolute Gasteiger partial charge is 0.479 e. The van der Waals surface area contributed by atoms with E-state index in [1.165, 1.54) is 0 Å². The monoisotopic (exact) mass is 316 g/mol. The normalized spacial score (nSPS) is 20.6. The molecule has 1 saturated heterocycles. The first-order chi connectivity index (χ1) is 9.47. The second-order valence-corrected chi connectivity index (χ2v) is 5.82. The summed E-state index contributed by atoms with van der Waals surface area (Å²) < 4.78 is 5.65. The summed E-state index contributed by atoms with van der Waals surface area (Å²) in [7, 11) is 0. The number of benzene rings is 1. The summed E-state index contributed by atoms with van der Waals surface area (Å²) in [5.41, 5.74) is 0. The number of rotatable bonds is 3. The number of piperazine rings is 1. The van der Waals surface area contributed by atoms with E-state index in [0.29, 0.717) is 34.9 Å². The van der Waals surface area contributed by atoms with Gasteiger partial charge in [-0.25, -0.2) is 0 Å².